The van der Waals surface area contributed by atoms with Crippen LogP contribution < -0.4 is 11.1 Å². The number of nitrogens with two attached hydrogens (primary N) is 1. The fraction of sp³-hybridized carbons (Fsp3) is 0.556. The molecule has 1 aromatic heterocycles. The van der Waals surface area contributed by atoms with Crippen LogP contribution in [0.25, 0.3) is 0 Å². The molecule has 0 saturated heterocycles. The van der Waals surface area contributed by atoms with Crippen molar-refractivity contribution in [1.82, 2.24) is 15.1 Å². The van der Waals surface area contributed by atoms with Crippen molar-refractivity contribution in [2.75, 3.05) is 5.73 Å². The topological polar surface area (TPSA) is 72.9 Å². The quantitative estimate of drug-likeness (QED) is 0.710. The third kappa shape index (κ3) is 1.45. The number of aryl methyl sites for hydroxylation is 1. The molecule has 5 heteroatoms. The molecule has 0 bridgehead atoms. The van der Waals surface area contributed by atoms with Gasteiger partial charge in [0.2, 0.25) is 0 Å². The van der Waals surface area contributed by atoms with Gasteiger partial charge in [-0.05, 0) is 19.8 Å². The first-order chi connectivity index (χ1) is 6.52. The van der Waals surface area contributed by atoms with Gasteiger partial charge < -0.3 is 11.1 Å². The molecule has 1 aromatic rings. The van der Waals surface area contributed by atoms with Gasteiger partial charge in [-0.25, -0.2) is 0 Å². The van der Waals surface area contributed by atoms with Gasteiger partial charge in [0.1, 0.15) is 5.69 Å². The maximum atomic E-state index is 11.8. The first-order valence-corrected chi connectivity index (χ1v) is 4.62. The summed E-state index contributed by atoms with van der Waals surface area (Å²) in [6.45, 7) is 2.03. The Balaban J connectivity index is 2.18. The van der Waals surface area contributed by atoms with Crippen LogP contribution in [0.3, 0.4) is 0 Å². The van der Waals surface area contributed by atoms with Crippen LogP contribution in [0.4, 0.5) is 5.69 Å². The van der Waals surface area contributed by atoms with Gasteiger partial charge in [0, 0.05) is 12.6 Å². The van der Waals surface area contributed by atoms with Gasteiger partial charge in [-0.3, -0.25) is 9.48 Å². The standard InChI is InChI=1S/C9H14N4O/c1-9(3-4-9)12-8(14)7-6(10)5-11-13(7)2/h5H,3-4,10H2,1-2H3,(H,12,14). The van der Waals surface area contributed by atoms with E-state index in [9.17, 15) is 4.79 Å². The lowest BCUT2D eigenvalue weighted by atomic mass is 10.3. The van der Waals surface area contributed by atoms with E-state index in [4.69, 9.17) is 5.73 Å². The molecule has 76 valence electrons. The molecule has 14 heavy (non-hydrogen) atoms. The van der Waals surface area contributed by atoms with Gasteiger partial charge in [-0.2, -0.15) is 5.10 Å². The van der Waals surface area contributed by atoms with E-state index in [0.29, 0.717) is 11.4 Å². The monoisotopic (exact) mass is 194 g/mol. The highest BCUT2D eigenvalue weighted by Gasteiger charge is 2.39. The molecule has 1 heterocycles. The van der Waals surface area contributed by atoms with Crippen molar-refractivity contribution in [3.05, 3.63) is 11.9 Å². The van der Waals surface area contributed by atoms with Crippen molar-refractivity contribution in [2.24, 2.45) is 7.05 Å². The lowest BCUT2D eigenvalue weighted by Crippen LogP contribution is -2.35. The van der Waals surface area contributed by atoms with Crippen molar-refractivity contribution < 1.29 is 4.79 Å². The van der Waals surface area contributed by atoms with E-state index in [2.05, 4.69) is 10.4 Å². The molecular weight excluding hydrogens is 180 g/mol. The molecule has 0 radical (unpaired) electrons. The number of hydrogen-bond acceptors (Lipinski definition) is 3. The zero-order valence-corrected chi connectivity index (χ0v) is 8.37. The number of nitrogens with one attached hydrogen (secondary N) is 1. The molecule has 1 saturated carbocycles. The number of hydrogen-bond donors (Lipinski definition) is 2. The smallest absolute Gasteiger partial charge is 0.272 e. The fourth-order valence-corrected chi connectivity index (χ4v) is 1.38. The molecule has 0 aliphatic heterocycles. The third-order valence-corrected chi connectivity index (χ3v) is 2.60. The van der Waals surface area contributed by atoms with Crippen LogP contribution >= 0.6 is 0 Å². The number of nitrogens with zero attached hydrogens (tertiary/aromatic N) is 2. The Labute approximate surface area is 82.3 Å². The minimum absolute atomic E-state index is 0.0200. The highest BCUT2D eigenvalue weighted by atomic mass is 16.2. The van der Waals surface area contributed by atoms with Crippen molar-refractivity contribution in [2.45, 2.75) is 25.3 Å². The van der Waals surface area contributed by atoms with Crippen LogP contribution in [0.2, 0.25) is 0 Å². The molecule has 1 aliphatic carbocycles. The summed E-state index contributed by atoms with van der Waals surface area (Å²) in [4.78, 5) is 11.8. The highest BCUT2D eigenvalue weighted by Crippen LogP contribution is 2.34. The van der Waals surface area contributed by atoms with E-state index in [-0.39, 0.29) is 11.4 Å². The summed E-state index contributed by atoms with van der Waals surface area (Å²) in [5.74, 6) is -0.137. The lowest BCUT2D eigenvalue weighted by Gasteiger charge is -2.11. The summed E-state index contributed by atoms with van der Waals surface area (Å²) < 4.78 is 1.50. The van der Waals surface area contributed by atoms with Crippen LogP contribution in [0, 0.1) is 0 Å². The second kappa shape index (κ2) is 2.73. The molecule has 1 fully saturated rings. The summed E-state index contributed by atoms with van der Waals surface area (Å²) >= 11 is 0. The SMILES string of the molecule is Cn1ncc(N)c1C(=O)NC1(C)CC1. The van der Waals surface area contributed by atoms with Crippen molar-refractivity contribution in [3.63, 3.8) is 0 Å². The Kier molecular flexibility index (Phi) is 1.77. The van der Waals surface area contributed by atoms with Gasteiger partial charge in [-0.15, -0.1) is 0 Å². The molecule has 0 spiro atoms. The van der Waals surface area contributed by atoms with E-state index in [1.807, 2.05) is 6.92 Å². The van der Waals surface area contributed by atoms with E-state index < -0.39 is 0 Å². The molecule has 5 nitrogen and oxygen atoms in total. The predicted octanol–water partition coefficient (Wildman–Crippen LogP) is 0.285. The number of aromatic nitrogens is 2. The molecule has 2 rings (SSSR count). The van der Waals surface area contributed by atoms with E-state index in [1.54, 1.807) is 7.05 Å². The van der Waals surface area contributed by atoms with Crippen LogP contribution in [0.1, 0.15) is 30.3 Å². The maximum absolute atomic E-state index is 11.8. The van der Waals surface area contributed by atoms with Crippen LogP contribution in [0.15, 0.2) is 6.20 Å². The summed E-state index contributed by atoms with van der Waals surface area (Å²) in [6, 6.07) is 0. The van der Waals surface area contributed by atoms with Crippen molar-refractivity contribution in [1.29, 1.82) is 0 Å². The highest BCUT2D eigenvalue weighted by molar-refractivity contribution is 5.97. The zero-order chi connectivity index (χ0) is 10.3. The van der Waals surface area contributed by atoms with Gasteiger partial charge in [0.05, 0.1) is 11.9 Å². The number of nitrogen functional groups attached to an aromatic ring is 1. The molecule has 0 aromatic carbocycles. The summed E-state index contributed by atoms with van der Waals surface area (Å²) in [7, 11) is 1.71. The summed E-state index contributed by atoms with van der Waals surface area (Å²) in [5.41, 5.74) is 6.49. The Morgan fingerprint density at radius 1 is 1.71 bits per heavy atom. The van der Waals surface area contributed by atoms with Crippen LogP contribution in [-0.4, -0.2) is 21.2 Å². The first-order valence-electron chi connectivity index (χ1n) is 4.62. The number of rotatable bonds is 2. The largest absolute Gasteiger partial charge is 0.396 e. The number of anilines is 1. The second-order valence-electron chi connectivity index (χ2n) is 4.09. The molecular formula is C9H14N4O. The molecule has 0 unspecified atom stereocenters. The van der Waals surface area contributed by atoms with Crippen LogP contribution in [0.5, 0.6) is 0 Å². The van der Waals surface area contributed by atoms with Gasteiger partial charge in [0.15, 0.2) is 0 Å². The Morgan fingerprint density at radius 2 is 2.36 bits per heavy atom. The lowest BCUT2D eigenvalue weighted by molar-refractivity contribution is 0.0927. The van der Waals surface area contributed by atoms with E-state index in [1.165, 1.54) is 10.9 Å². The molecule has 1 amide bonds. The minimum Gasteiger partial charge on any atom is -0.396 e. The maximum Gasteiger partial charge on any atom is 0.272 e. The molecule has 3 N–H and O–H groups in total. The predicted molar refractivity (Wildman–Crippen MR) is 52.7 cm³/mol. The van der Waals surface area contributed by atoms with Crippen LogP contribution in [-0.2, 0) is 7.05 Å². The van der Waals surface area contributed by atoms with Gasteiger partial charge in [-0.1, -0.05) is 0 Å². The Bertz CT molecular complexity index is 359. The van der Waals surface area contributed by atoms with Crippen molar-refractivity contribution in [3.8, 4) is 0 Å². The fourth-order valence-electron chi connectivity index (χ4n) is 1.38. The summed E-state index contributed by atoms with van der Waals surface area (Å²) in [6.07, 6.45) is 3.57. The molecule has 1 aliphatic rings. The number of carbonyl (C=O) groups is 1. The van der Waals surface area contributed by atoms with Gasteiger partial charge in [0.25, 0.3) is 5.91 Å². The average Bonchev–Trinajstić information content (AvgIpc) is 2.70. The third-order valence-electron chi connectivity index (χ3n) is 2.60. The van der Waals surface area contributed by atoms with E-state index >= 15 is 0 Å². The van der Waals surface area contributed by atoms with Gasteiger partial charge >= 0.3 is 0 Å². The molecule has 0 atom stereocenters. The normalized spacial score (nSPS) is 17.9. The number of amides is 1. The second-order valence-corrected chi connectivity index (χ2v) is 4.09. The Hall–Kier alpha value is -1.52. The van der Waals surface area contributed by atoms with Crippen molar-refractivity contribution >= 4 is 11.6 Å². The first kappa shape index (κ1) is 9.05. The zero-order valence-electron chi connectivity index (χ0n) is 8.37. The number of carbonyl (C=O) groups excluding carboxylic acids is 1. The average molecular weight is 194 g/mol. The minimum atomic E-state index is -0.137. The van der Waals surface area contributed by atoms with E-state index in [0.717, 1.165) is 12.8 Å². The Morgan fingerprint density at radius 3 is 2.79 bits per heavy atom. The summed E-state index contributed by atoms with van der Waals surface area (Å²) in [5, 5.41) is 6.85.